The molecule has 1 rings (SSSR count). The van der Waals surface area contributed by atoms with Crippen LogP contribution in [0.3, 0.4) is 0 Å². The molecule has 4 heteroatoms. The third kappa shape index (κ3) is 1.95. The molecule has 0 aromatic carbocycles. The maximum absolute atomic E-state index is 5.67. The Morgan fingerprint density at radius 1 is 1.42 bits per heavy atom. The second-order valence-corrected chi connectivity index (χ2v) is 2.42. The highest BCUT2D eigenvalue weighted by Gasteiger charge is 1.93. The van der Waals surface area contributed by atoms with Gasteiger partial charge in [0.05, 0.1) is 12.4 Å². The summed E-state index contributed by atoms with van der Waals surface area (Å²) in [6.07, 6.45) is 6.97. The van der Waals surface area contributed by atoms with Gasteiger partial charge in [-0.15, -0.1) is 4.80 Å². The summed E-state index contributed by atoms with van der Waals surface area (Å²) in [5.41, 5.74) is 6.76. The van der Waals surface area contributed by atoms with E-state index in [2.05, 4.69) is 10.2 Å². The van der Waals surface area contributed by atoms with Gasteiger partial charge in [-0.3, -0.25) is 0 Å². The van der Waals surface area contributed by atoms with E-state index in [4.69, 9.17) is 5.73 Å². The number of aromatic nitrogens is 3. The molecule has 4 nitrogen and oxygen atoms in total. The van der Waals surface area contributed by atoms with Gasteiger partial charge in [0.1, 0.15) is 5.82 Å². The average Bonchev–Trinajstić information content (AvgIpc) is 2.56. The van der Waals surface area contributed by atoms with E-state index in [0.717, 1.165) is 5.57 Å². The number of rotatable bonds is 2. The quantitative estimate of drug-likeness (QED) is 0.663. The average molecular weight is 164 g/mol. The van der Waals surface area contributed by atoms with Gasteiger partial charge in [-0.05, 0) is 19.9 Å². The molecule has 64 valence electrons. The lowest BCUT2D eigenvalue weighted by atomic mass is 10.3. The SMILES string of the molecule is C/C=C(C)\C=C(/N)n1nccn1. The van der Waals surface area contributed by atoms with Crippen molar-refractivity contribution in [3.8, 4) is 0 Å². The van der Waals surface area contributed by atoms with Crippen LogP contribution in [0.1, 0.15) is 13.8 Å². The number of nitrogens with two attached hydrogens (primary N) is 1. The predicted octanol–water partition coefficient (Wildman–Crippen LogP) is 1.00. The molecule has 0 saturated carbocycles. The second-order valence-electron chi connectivity index (χ2n) is 2.42. The lowest BCUT2D eigenvalue weighted by Gasteiger charge is -1.98. The van der Waals surface area contributed by atoms with Crippen molar-refractivity contribution in [3.63, 3.8) is 0 Å². The fourth-order valence-electron chi connectivity index (χ4n) is 0.723. The third-order valence-corrected chi connectivity index (χ3v) is 1.48. The van der Waals surface area contributed by atoms with Crippen molar-refractivity contribution in [3.05, 3.63) is 30.1 Å². The van der Waals surface area contributed by atoms with Crippen molar-refractivity contribution in [1.82, 2.24) is 15.0 Å². The number of allylic oxidation sites excluding steroid dienone is 3. The molecule has 0 aliphatic carbocycles. The van der Waals surface area contributed by atoms with E-state index >= 15 is 0 Å². The Balaban J connectivity index is 2.85. The summed E-state index contributed by atoms with van der Waals surface area (Å²) in [6, 6.07) is 0. The first-order valence-electron chi connectivity index (χ1n) is 3.71. The molecule has 0 aliphatic heterocycles. The highest BCUT2D eigenvalue weighted by Crippen LogP contribution is 1.99. The van der Waals surface area contributed by atoms with E-state index in [-0.39, 0.29) is 0 Å². The third-order valence-electron chi connectivity index (χ3n) is 1.48. The molecule has 12 heavy (non-hydrogen) atoms. The van der Waals surface area contributed by atoms with Gasteiger partial charge in [0.15, 0.2) is 0 Å². The van der Waals surface area contributed by atoms with Crippen molar-refractivity contribution in [2.45, 2.75) is 13.8 Å². The maximum atomic E-state index is 5.67. The molecule has 0 fully saturated rings. The Labute approximate surface area is 71.4 Å². The van der Waals surface area contributed by atoms with E-state index in [1.807, 2.05) is 26.0 Å². The van der Waals surface area contributed by atoms with Crippen LogP contribution < -0.4 is 5.73 Å². The standard InChI is InChI=1S/C8H12N4/c1-3-7(2)6-8(9)12-10-4-5-11-12/h3-6H,9H2,1-2H3/b7-3-,8-6+. The molecular weight excluding hydrogens is 152 g/mol. The van der Waals surface area contributed by atoms with Crippen molar-refractivity contribution >= 4 is 5.82 Å². The van der Waals surface area contributed by atoms with Gasteiger partial charge < -0.3 is 5.73 Å². The fourth-order valence-corrected chi connectivity index (χ4v) is 0.723. The number of nitrogens with zero attached hydrogens (tertiary/aromatic N) is 3. The van der Waals surface area contributed by atoms with Gasteiger partial charge in [-0.2, -0.15) is 10.2 Å². The molecule has 1 heterocycles. The Morgan fingerprint density at radius 3 is 2.50 bits per heavy atom. The lowest BCUT2D eigenvalue weighted by Crippen LogP contribution is -2.09. The summed E-state index contributed by atoms with van der Waals surface area (Å²) < 4.78 is 0. The summed E-state index contributed by atoms with van der Waals surface area (Å²) in [6.45, 7) is 3.92. The molecule has 0 amide bonds. The molecule has 0 bridgehead atoms. The minimum Gasteiger partial charge on any atom is -0.382 e. The van der Waals surface area contributed by atoms with Crippen LogP contribution in [0.4, 0.5) is 0 Å². The summed E-state index contributed by atoms with van der Waals surface area (Å²) in [5, 5.41) is 7.78. The molecule has 0 aliphatic rings. The van der Waals surface area contributed by atoms with Gasteiger partial charge in [0.2, 0.25) is 0 Å². The van der Waals surface area contributed by atoms with E-state index in [1.54, 1.807) is 12.4 Å². The maximum Gasteiger partial charge on any atom is 0.146 e. The summed E-state index contributed by atoms with van der Waals surface area (Å²) in [7, 11) is 0. The van der Waals surface area contributed by atoms with Crippen LogP contribution in [0.25, 0.3) is 5.82 Å². The van der Waals surface area contributed by atoms with Crippen LogP contribution >= 0.6 is 0 Å². The predicted molar refractivity (Wildman–Crippen MR) is 47.9 cm³/mol. The van der Waals surface area contributed by atoms with E-state index in [0.29, 0.717) is 5.82 Å². The summed E-state index contributed by atoms with van der Waals surface area (Å²) in [5.74, 6) is 0.524. The molecule has 0 radical (unpaired) electrons. The Morgan fingerprint density at radius 2 is 2.00 bits per heavy atom. The Bertz CT molecular complexity index is 295. The monoisotopic (exact) mass is 164 g/mol. The highest BCUT2D eigenvalue weighted by atomic mass is 15.5. The zero-order valence-electron chi connectivity index (χ0n) is 7.23. The van der Waals surface area contributed by atoms with E-state index < -0.39 is 0 Å². The van der Waals surface area contributed by atoms with Crippen LogP contribution in [0.2, 0.25) is 0 Å². The van der Waals surface area contributed by atoms with Crippen molar-refractivity contribution in [1.29, 1.82) is 0 Å². The van der Waals surface area contributed by atoms with E-state index in [1.165, 1.54) is 4.80 Å². The van der Waals surface area contributed by atoms with Crippen LogP contribution in [-0.4, -0.2) is 15.0 Å². The molecule has 0 unspecified atom stereocenters. The lowest BCUT2D eigenvalue weighted by molar-refractivity contribution is 0.759. The van der Waals surface area contributed by atoms with E-state index in [9.17, 15) is 0 Å². The van der Waals surface area contributed by atoms with Gasteiger partial charge in [0, 0.05) is 0 Å². The smallest absolute Gasteiger partial charge is 0.146 e. The van der Waals surface area contributed by atoms with Gasteiger partial charge in [0.25, 0.3) is 0 Å². The van der Waals surface area contributed by atoms with Crippen molar-refractivity contribution in [2.24, 2.45) is 5.73 Å². The minimum atomic E-state index is 0.524. The number of hydrogen-bond acceptors (Lipinski definition) is 3. The first kappa shape index (κ1) is 8.52. The van der Waals surface area contributed by atoms with Crippen LogP contribution in [-0.2, 0) is 0 Å². The number of hydrogen-bond donors (Lipinski definition) is 1. The fraction of sp³-hybridized carbons (Fsp3) is 0.250. The highest BCUT2D eigenvalue weighted by molar-refractivity contribution is 5.43. The normalized spacial score (nSPS) is 13.5. The summed E-state index contributed by atoms with van der Waals surface area (Å²) >= 11 is 0. The first-order chi connectivity index (χ1) is 5.74. The Kier molecular flexibility index (Phi) is 2.63. The van der Waals surface area contributed by atoms with Crippen molar-refractivity contribution in [2.75, 3.05) is 0 Å². The Hall–Kier alpha value is -1.58. The molecule has 1 aromatic rings. The first-order valence-corrected chi connectivity index (χ1v) is 3.71. The van der Waals surface area contributed by atoms with Gasteiger partial charge >= 0.3 is 0 Å². The summed E-state index contributed by atoms with van der Waals surface area (Å²) in [4.78, 5) is 1.38. The van der Waals surface area contributed by atoms with Crippen LogP contribution in [0, 0.1) is 0 Å². The molecule has 0 atom stereocenters. The molecule has 1 aromatic heterocycles. The largest absolute Gasteiger partial charge is 0.382 e. The van der Waals surface area contributed by atoms with Crippen LogP contribution in [0.15, 0.2) is 30.1 Å². The minimum absolute atomic E-state index is 0.524. The second kappa shape index (κ2) is 3.71. The zero-order chi connectivity index (χ0) is 8.97. The zero-order valence-corrected chi connectivity index (χ0v) is 7.23. The van der Waals surface area contributed by atoms with Gasteiger partial charge in [-0.1, -0.05) is 11.6 Å². The molecule has 0 spiro atoms. The molecular formula is C8H12N4. The van der Waals surface area contributed by atoms with Crippen molar-refractivity contribution < 1.29 is 0 Å². The molecule has 2 N–H and O–H groups in total. The molecule has 0 saturated heterocycles. The van der Waals surface area contributed by atoms with Crippen LogP contribution in [0.5, 0.6) is 0 Å². The topological polar surface area (TPSA) is 56.7 Å². The van der Waals surface area contributed by atoms with Gasteiger partial charge in [-0.25, -0.2) is 0 Å².